The van der Waals surface area contributed by atoms with Gasteiger partial charge in [0.2, 0.25) is 12.0 Å². The zero-order chi connectivity index (χ0) is 36.0. The van der Waals surface area contributed by atoms with Crippen LogP contribution < -0.4 is 20.4 Å². The summed E-state index contributed by atoms with van der Waals surface area (Å²) in [6.07, 6.45) is 3.59. The number of carbonyl (C=O) groups is 1. The van der Waals surface area contributed by atoms with Crippen LogP contribution in [0, 0.1) is 13.8 Å². The molecular formula is C39H41ClN6O4Si. The molecule has 0 saturated heterocycles. The maximum atomic E-state index is 13.7. The van der Waals surface area contributed by atoms with Crippen molar-refractivity contribution in [1.29, 1.82) is 0 Å². The molecule has 0 unspecified atom stereocenters. The number of halogens is 1. The Balaban J connectivity index is 1.23. The topological polar surface area (TPSA) is 113 Å². The molecule has 0 radical (unpaired) electrons. The average molecular weight is 721 g/mol. The first kappa shape index (κ1) is 35.9. The molecular weight excluding hydrogens is 680 g/mol. The smallest absolute Gasteiger partial charge is 0.269 e. The molecule has 0 aliphatic carbocycles. The zero-order valence-electron chi connectivity index (χ0n) is 29.3. The molecule has 1 amide bonds. The molecule has 1 N–H and O–H groups in total. The summed E-state index contributed by atoms with van der Waals surface area (Å²) in [6, 6.07) is 30.0. The summed E-state index contributed by atoms with van der Waals surface area (Å²) >= 11 is 6.40. The first-order chi connectivity index (χ1) is 24.6. The molecule has 6 rings (SSSR count). The van der Waals surface area contributed by atoms with Gasteiger partial charge in [-0.1, -0.05) is 105 Å². The highest BCUT2D eigenvalue weighted by Gasteiger charge is 2.50. The fraction of sp³-hybridized carbons (Fsp3) is 0.256. The van der Waals surface area contributed by atoms with Gasteiger partial charge >= 0.3 is 0 Å². The molecule has 0 aliphatic heterocycles. The van der Waals surface area contributed by atoms with E-state index in [1.54, 1.807) is 23.1 Å². The number of aromatic nitrogens is 5. The van der Waals surface area contributed by atoms with Gasteiger partial charge in [0.05, 0.1) is 31.7 Å². The number of fused-ring (bicyclic) bond motifs is 1. The van der Waals surface area contributed by atoms with E-state index in [2.05, 4.69) is 94.7 Å². The summed E-state index contributed by atoms with van der Waals surface area (Å²) in [7, 11) is -2.76. The van der Waals surface area contributed by atoms with Gasteiger partial charge in [-0.05, 0) is 58.6 Å². The average Bonchev–Trinajstić information content (AvgIpc) is 3.56. The number of benzene rings is 3. The number of nitrogens with one attached hydrogen (secondary N) is 1. The molecule has 3 aromatic carbocycles. The molecule has 3 aromatic heterocycles. The molecule has 3 heterocycles. The fourth-order valence-electron chi connectivity index (χ4n) is 6.17. The monoisotopic (exact) mass is 720 g/mol. The predicted octanol–water partition coefficient (Wildman–Crippen LogP) is 6.46. The number of nitrogens with zero attached hydrogens (tertiary/aromatic N) is 5. The molecule has 0 bridgehead atoms. The van der Waals surface area contributed by atoms with Crippen molar-refractivity contribution in [1.82, 2.24) is 24.7 Å². The van der Waals surface area contributed by atoms with E-state index in [1.807, 2.05) is 50.2 Å². The second-order valence-corrected chi connectivity index (χ2v) is 18.0. The lowest BCUT2D eigenvalue weighted by molar-refractivity contribution is -0.125. The Morgan fingerprint density at radius 1 is 0.863 bits per heavy atom. The first-order valence-corrected chi connectivity index (χ1v) is 19.0. The lowest BCUT2D eigenvalue weighted by atomic mass is 10.2. The van der Waals surface area contributed by atoms with Crippen molar-refractivity contribution in [2.45, 2.75) is 45.8 Å². The lowest BCUT2D eigenvalue weighted by Crippen LogP contribution is -2.66. The minimum Gasteiger partial charge on any atom is -0.461 e. The zero-order valence-corrected chi connectivity index (χ0v) is 31.1. The van der Waals surface area contributed by atoms with Crippen molar-refractivity contribution in [3.05, 3.63) is 126 Å². The maximum absolute atomic E-state index is 13.7. The third kappa shape index (κ3) is 7.71. The van der Waals surface area contributed by atoms with Crippen molar-refractivity contribution < 1.29 is 18.7 Å². The van der Waals surface area contributed by atoms with Crippen LogP contribution in [0.1, 0.15) is 31.9 Å². The number of hydrogen-bond donors (Lipinski definition) is 1. The number of carbonyl (C=O) groups excluding carboxylic acids is 1. The van der Waals surface area contributed by atoms with E-state index >= 15 is 0 Å². The fourth-order valence-corrected chi connectivity index (χ4v) is 10.9. The van der Waals surface area contributed by atoms with E-state index < -0.39 is 20.3 Å². The van der Waals surface area contributed by atoms with Crippen LogP contribution >= 0.6 is 11.6 Å². The standard InChI is InChI=1S/C39H41ClN6O4Si/c1-27-19-20-35(41-23-27)45-37(47)34(50-38-31-24-44-46(36(31)42-26-43-38)33-18-12-17-32(40)28(33)2)25-48-21-22-49-51(39(3,4)5,29-13-8-6-9-14-29)30-15-10-7-11-16-30/h6-20,23-24,26,34H,21-22,25H2,1-5H3,(H,41,45,47)/t34-/m0/s1. The highest BCUT2D eigenvalue weighted by Crippen LogP contribution is 2.36. The molecule has 51 heavy (non-hydrogen) atoms. The van der Waals surface area contributed by atoms with Gasteiger partial charge in [-0.2, -0.15) is 5.10 Å². The molecule has 0 fully saturated rings. The van der Waals surface area contributed by atoms with Crippen LogP contribution in [-0.2, 0) is 14.0 Å². The SMILES string of the molecule is Cc1ccc(NC(=O)[C@H](COCCO[Si](c2ccccc2)(c2ccccc2)C(C)(C)C)Oc2ncnc3c2cnn3-c2cccc(Cl)c2C)nc1. The van der Waals surface area contributed by atoms with E-state index in [9.17, 15) is 4.79 Å². The Morgan fingerprint density at radius 3 is 2.22 bits per heavy atom. The Morgan fingerprint density at radius 2 is 1.57 bits per heavy atom. The minimum atomic E-state index is -2.76. The van der Waals surface area contributed by atoms with Gasteiger partial charge in [0.1, 0.15) is 17.5 Å². The van der Waals surface area contributed by atoms with Crippen LogP contribution in [0.4, 0.5) is 5.82 Å². The molecule has 0 spiro atoms. The highest BCUT2D eigenvalue weighted by atomic mass is 35.5. The number of pyridine rings is 1. The summed E-state index contributed by atoms with van der Waals surface area (Å²) in [4.78, 5) is 26.9. The Hall–Kier alpha value is -4.94. The summed E-state index contributed by atoms with van der Waals surface area (Å²) < 4.78 is 21.1. The van der Waals surface area contributed by atoms with Crippen molar-refractivity contribution >= 4 is 53.1 Å². The van der Waals surface area contributed by atoms with Crippen molar-refractivity contribution in [2.24, 2.45) is 0 Å². The van der Waals surface area contributed by atoms with Crippen LogP contribution in [0.15, 0.2) is 110 Å². The van der Waals surface area contributed by atoms with Gasteiger partial charge in [-0.3, -0.25) is 4.79 Å². The normalized spacial score (nSPS) is 12.5. The van der Waals surface area contributed by atoms with E-state index in [4.69, 9.17) is 25.5 Å². The number of rotatable bonds is 13. The number of anilines is 1. The Bertz CT molecular complexity index is 2050. The summed E-state index contributed by atoms with van der Waals surface area (Å²) in [5, 5.41) is 10.7. The molecule has 12 heteroatoms. The van der Waals surface area contributed by atoms with E-state index in [0.717, 1.165) is 16.8 Å². The van der Waals surface area contributed by atoms with Crippen LogP contribution in [0.3, 0.4) is 0 Å². The van der Waals surface area contributed by atoms with Crippen LogP contribution in [0.2, 0.25) is 10.1 Å². The lowest BCUT2D eigenvalue weighted by Gasteiger charge is -2.43. The number of aryl methyl sites for hydroxylation is 1. The second-order valence-electron chi connectivity index (χ2n) is 13.3. The Kier molecular flexibility index (Phi) is 10.9. The van der Waals surface area contributed by atoms with Crippen molar-refractivity contribution in [3.8, 4) is 11.6 Å². The highest BCUT2D eigenvalue weighted by molar-refractivity contribution is 6.99. The minimum absolute atomic E-state index is 0.0746. The quantitative estimate of drug-likeness (QED) is 0.107. The van der Waals surface area contributed by atoms with Crippen molar-refractivity contribution in [2.75, 3.05) is 25.1 Å². The maximum Gasteiger partial charge on any atom is 0.269 e. The second kappa shape index (κ2) is 15.5. The van der Waals surface area contributed by atoms with Crippen LogP contribution in [0.25, 0.3) is 16.7 Å². The van der Waals surface area contributed by atoms with Gasteiger partial charge in [0.25, 0.3) is 14.2 Å². The Labute approximate surface area is 303 Å². The first-order valence-electron chi connectivity index (χ1n) is 16.8. The van der Waals surface area contributed by atoms with Gasteiger partial charge in [-0.25, -0.2) is 19.6 Å². The van der Waals surface area contributed by atoms with E-state index in [0.29, 0.717) is 28.5 Å². The molecule has 262 valence electrons. The largest absolute Gasteiger partial charge is 0.461 e. The number of amides is 1. The third-order valence-electron chi connectivity index (χ3n) is 8.74. The molecule has 0 aliphatic rings. The molecule has 10 nitrogen and oxygen atoms in total. The molecule has 0 saturated carbocycles. The summed E-state index contributed by atoms with van der Waals surface area (Å²) in [5.74, 6) is 0.144. The van der Waals surface area contributed by atoms with E-state index in [1.165, 1.54) is 16.7 Å². The van der Waals surface area contributed by atoms with Crippen LogP contribution in [-0.4, -0.2) is 64.9 Å². The van der Waals surface area contributed by atoms with Gasteiger partial charge in [0, 0.05) is 11.2 Å². The molecule has 1 atom stereocenters. The summed E-state index contributed by atoms with van der Waals surface area (Å²) in [5.41, 5.74) is 3.09. The predicted molar refractivity (Wildman–Crippen MR) is 203 cm³/mol. The summed E-state index contributed by atoms with van der Waals surface area (Å²) in [6.45, 7) is 11.0. The third-order valence-corrected chi connectivity index (χ3v) is 14.2. The molecule has 6 aromatic rings. The van der Waals surface area contributed by atoms with Gasteiger partial charge in [0.15, 0.2) is 5.65 Å². The van der Waals surface area contributed by atoms with Crippen LogP contribution in [0.5, 0.6) is 5.88 Å². The van der Waals surface area contributed by atoms with Gasteiger partial charge in [-0.15, -0.1) is 0 Å². The number of ether oxygens (including phenoxy) is 2. The number of hydrogen-bond acceptors (Lipinski definition) is 8. The van der Waals surface area contributed by atoms with Crippen molar-refractivity contribution in [3.63, 3.8) is 0 Å². The van der Waals surface area contributed by atoms with E-state index in [-0.39, 0.29) is 24.1 Å². The van der Waals surface area contributed by atoms with Gasteiger partial charge < -0.3 is 19.2 Å².